The normalized spacial score (nSPS) is 21.6. The van der Waals surface area contributed by atoms with Crippen molar-refractivity contribution in [3.05, 3.63) is 59.7 Å². The zero-order chi connectivity index (χ0) is 19.0. The minimum atomic E-state index is -3.51. The molecule has 2 atom stereocenters. The van der Waals surface area contributed by atoms with Crippen molar-refractivity contribution in [1.82, 2.24) is 5.32 Å². The Morgan fingerprint density at radius 3 is 2.70 bits per heavy atom. The highest BCUT2D eigenvalue weighted by Gasteiger charge is 2.36. The number of carbonyl (C=O) groups excluding carboxylic acids is 1. The molecule has 0 aromatic heterocycles. The van der Waals surface area contributed by atoms with Crippen molar-refractivity contribution in [1.29, 1.82) is 0 Å². The van der Waals surface area contributed by atoms with Gasteiger partial charge in [-0.15, -0.1) is 0 Å². The van der Waals surface area contributed by atoms with Crippen LogP contribution in [0.15, 0.2) is 48.5 Å². The fraction of sp³-hybridized carbons (Fsp3) is 0.350. The van der Waals surface area contributed by atoms with Crippen LogP contribution >= 0.6 is 0 Å². The van der Waals surface area contributed by atoms with E-state index in [1.54, 1.807) is 24.3 Å². The van der Waals surface area contributed by atoms with Gasteiger partial charge in [0.2, 0.25) is 10.0 Å². The Morgan fingerprint density at radius 2 is 1.89 bits per heavy atom. The summed E-state index contributed by atoms with van der Waals surface area (Å²) in [6.45, 7) is -0.0317. The Labute approximate surface area is 159 Å². The number of aryl methyl sites for hydroxylation is 1. The first kappa shape index (κ1) is 17.9. The topological polar surface area (TPSA) is 75.7 Å². The van der Waals surface area contributed by atoms with Gasteiger partial charge in [0.1, 0.15) is 5.75 Å². The molecule has 1 aliphatic heterocycles. The van der Waals surface area contributed by atoms with Crippen LogP contribution < -0.4 is 14.4 Å². The summed E-state index contributed by atoms with van der Waals surface area (Å²) in [7, 11) is -3.51. The van der Waals surface area contributed by atoms with Crippen LogP contribution in [0.1, 0.15) is 30.0 Å². The summed E-state index contributed by atoms with van der Waals surface area (Å²) in [5, 5.41) is 3.06. The van der Waals surface area contributed by atoms with Crippen LogP contribution in [0.2, 0.25) is 0 Å². The van der Waals surface area contributed by atoms with Crippen molar-refractivity contribution in [2.45, 2.75) is 31.4 Å². The van der Waals surface area contributed by atoms with E-state index >= 15 is 0 Å². The van der Waals surface area contributed by atoms with Gasteiger partial charge in [-0.3, -0.25) is 9.10 Å². The lowest BCUT2D eigenvalue weighted by Gasteiger charge is -2.35. The van der Waals surface area contributed by atoms with Crippen molar-refractivity contribution < 1.29 is 17.9 Å². The predicted octanol–water partition coefficient (Wildman–Crippen LogP) is 2.41. The fourth-order valence-electron chi connectivity index (χ4n) is 3.82. The van der Waals surface area contributed by atoms with Gasteiger partial charge in [-0.05, 0) is 42.5 Å². The average molecular weight is 386 g/mol. The molecule has 0 fully saturated rings. The molecule has 0 unspecified atom stereocenters. The van der Waals surface area contributed by atoms with Crippen LogP contribution in [-0.4, -0.2) is 33.2 Å². The monoisotopic (exact) mass is 386 g/mol. The van der Waals surface area contributed by atoms with Gasteiger partial charge in [0.05, 0.1) is 24.5 Å². The highest BCUT2D eigenvalue weighted by Crippen LogP contribution is 2.35. The maximum Gasteiger partial charge on any atom is 0.263 e. The number of amides is 1. The second kappa shape index (κ2) is 6.88. The number of para-hydroxylation sites is 2. The molecule has 0 spiro atoms. The molecule has 2 aromatic carbocycles. The van der Waals surface area contributed by atoms with Gasteiger partial charge in [-0.2, -0.15) is 0 Å². The Kier molecular flexibility index (Phi) is 4.55. The lowest BCUT2D eigenvalue weighted by Crippen LogP contribution is -2.51. The van der Waals surface area contributed by atoms with Gasteiger partial charge in [0.15, 0.2) is 6.10 Å². The maximum absolute atomic E-state index is 12.9. The summed E-state index contributed by atoms with van der Waals surface area (Å²) in [5.74, 6) is 0.109. The molecule has 7 heteroatoms. The number of nitrogens with one attached hydrogen (secondary N) is 1. The van der Waals surface area contributed by atoms with Gasteiger partial charge >= 0.3 is 0 Å². The first-order chi connectivity index (χ1) is 12.9. The van der Waals surface area contributed by atoms with Crippen molar-refractivity contribution >= 4 is 21.6 Å². The van der Waals surface area contributed by atoms with Gasteiger partial charge in [-0.25, -0.2) is 8.42 Å². The molecule has 142 valence electrons. The van der Waals surface area contributed by atoms with E-state index in [1.165, 1.54) is 9.87 Å². The molecule has 0 saturated carbocycles. The van der Waals surface area contributed by atoms with Crippen LogP contribution in [0.4, 0.5) is 5.69 Å². The van der Waals surface area contributed by atoms with E-state index in [0.29, 0.717) is 11.4 Å². The predicted molar refractivity (Wildman–Crippen MR) is 103 cm³/mol. The van der Waals surface area contributed by atoms with Gasteiger partial charge in [-0.1, -0.05) is 36.4 Å². The lowest BCUT2D eigenvalue weighted by molar-refractivity contribution is -0.128. The number of rotatable bonds is 3. The van der Waals surface area contributed by atoms with Crippen LogP contribution in [-0.2, 0) is 21.2 Å². The molecule has 1 aliphatic carbocycles. The third-order valence-corrected chi connectivity index (χ3v) is 6.26. The number of ether oxygens (including phenoxy) is 1. The zero-order valence-electron chi connectivity index (χ0n) is 15.1. The summed E-state index contributed by atoms with van der Waals surface area (Å²) in [5.41, 5.74) is 2.85. The van der Waals surface area contributed by atoms with E-state index < -0.39 is 16.1 Å². The van der Waals surface area contributed by atoms with Crippen LogP contribution in [0.5, 0.6) is 5.75 Å². The summed E-state index contributed by atoms with van der Waals surface area (Å²) >= 11 is 0. The van der Waals surface area contributed by atoms with Gasteiger partial charge in [0, 0.05) is 0 Å². The van der Waals surface area contributed by atoms with Crippen LogP contribution in [0, 0.1) is 0 Å². The molecule has 1 heterocycles. The SMILES string of the molecule is CS(=O)(=O)N1C[C@@H](C(=O)N[C@H]2CCCc3ccccc32)Oc2ccccc21. The standard InChI is InChI=1S/C20H22N2O4S/c1-27(24,25)22-13-19(26-18-12-5-4-11-17(18)22)20(23)21-16-10-6-8-14-7-2-3-9-15(14)16/h2-5,7,9,11-12,16,19H,6,8,10,13H2,1H3,(H,21,23)/t16-,19-/m0/s1. The number of hydrogen-bond donors (Lipinski definition) is 1. The minimum Gasteiger partial charge on any atom is -0.476 e. The number of anilines is 1. The molecule has 1 amide bonds. The third kappa shape index (κ3) is 3.51. The Morgan fingerprint density at radius 1 is 1.15 bits per heavy atom. The highest BCUT2D eigenvalue weighted by molar-refractivity contribution is 7.92. The molecule has 2 aromatic rings. The molecule has 4 rings (SSSR count). The smallest absolute Gasteiger partial charge is 0.263 e. The quantitative estimate of drug-likeness (QED) is 0.879. The number of nitrogens with zero attached hydrogens (tertiary/aromatic N) is 1. The molecule has 0 radical (unpaired) electrons. The second-order valence-electron chi connectivity index (χ2n) is 7.02. The molecule has 0 bridgehead atoms. The summed E-state index contributed by atoms with van der Waals surface area (Å²) < 4.78 is 31.5. The number of fused-ring (bicyclic) bond motifs is 2. The first-order valence-corrected chi connectivity index (χ1v) is 10.9. The minimum absolute atomic E-state index is 0.0317. The summed E-state index contributed by atoms with van der Waals surface area (Å²) in [4.78, 5) is 12.9. The molecule has 6 nitrogen and oxygen atoms in total. The Balaban J connectivity index is 1.57. The van der Waals surface area contributed by atoms with E-state index in [4.69, 9.17) is 4.74 Å². The van der Waals surface area contributed by atoms with Crippen molar-refractivity contribution in [3.8, 4) is 5.75 Å². The van der Waals surface area contributed by atoms with Gasteiger partial charge < -0.3 is 10.1 Å². The van der Waals surface area contributed by atoms with Gasteiger partial charge in [0.25, 0.3) is 5.91 Å². The largest absolute Gasteiger partial charge is 0.476 e. The van der Waals surface area contributed by atoms with E-state index in [-0.39, 0.29) is 18.5 Å². The molecule has 0 saturated heterocycles. The van der Waals surface area contributed by atoms with Crippen LogP contribution in [0.3, 0.4) is 0 Å². The number of carbonyl (C=O) groups is 1. The van der Waals surface area contributed by atoms with E-state index in [0.717, 1.165) is 31.1 Å². The molecule has 1 N–H and O–H groups in total. The van der Waals surface area contributed by atoms with E-state index in [9.17, 15) is 13.2 Å². The third-order valence-electron chi connectivity index (χ3n) is 5.11. The second-order valence-corrected chi connectivity index (χ2v) is 8.93. The zero-order valence-corrected chi connectivity index (χ0v) is 15.9. The number of benzene rings is 2. The first-order valence-electron chi connectivity index (χ1n) is 9.05. The maximum atomic E-state index is 12.9. The Bertz CT molecular complexity index is 973. The molecule has 2 aliphatic rings. The highest BCUT2D eigenvalue weighted by atomic mass is 32.2. The van der Waals surface area contributed by atoms with Crippen LogP contribution in [0.25, 0.3) is 0 Å². The molecule has 27 heavy (non-hydrogen) atoms. The van der Waals surface area contributed by atoms with E-state index in [2.05, 4.69) is 11.4 Å². The van der Waals surface area contributed by atoms with Crippen molar-refractivity contribution in [2.75, 3.05) is 17.1 Å². The fourth-order valence-corrected chi connectivity index (χ4v) is 4.74. The van der Waals surface area contributed by atoms with Crippen molar-refractivity contribution in [2.24, 2.45) is 0 Å². The van der Waals surface area contributed by atoms with Crippen molar-refractivity contribution in [3.63, 3.8) is 0 Å². The molecular formula is C20H22N2O4S. The van der Waals surface area contributed by atoms with E-state index in [1.807, 2.05) is 18.2 Å². The summed E-state index contributed by atoms with van der Waals surface area (Å²) in [6.07, 6.45) is 3.14. The number of hydrogen-bond acceptors (Lipinski definition) is 4. The number of sulfonamides is 1. The summed E-state index contributed by atoms with van der Waals surface area (Å²) in [6, 6.07) is 14.9. The molecular weight excluding hydrogens is 364 g/mol. The Hall–Kier alpha value is -2.54. The average Bonchev–Trinajstić information content (AvgIpc) is 2.66. The lowest BCUT2D eigenvalue weighted by atomic mass is 9.87.